The van der Waals surface area contributed by atoms with Crippen molar-refractivity contribution < 1.29 is 14.5 Å². The number of fused-ring (bicyclic) bond motifs is 1. The zero-order chi connectivity index (χ0) is 24.6. The quantitative estimate of drug-likeness (QED) is 0.239. The van der Waals surface area contributed by atoms with Gasteiger partial charge in [0.1, 0.15) is 5.75 Å². The molecule has 0 aliphatic carbocycles. The molecule has 1 amide bonds. The monoisotopic (exact) mass is 497 g/mol. The van der Waals surface area contributed by atoms with Crippen molar-refractivity contribution in [1.82, 2.24) is 15.2 Å². The number of nitrogens with zero attached hydrogens (tertiary/aromatic N) is 4. The molecule has 1 aromatic heterocycles. The number of hydrogen-bond acceptors (Lipinski definition) is 8. The Morgan fingerprint density at radius 3 is 2.63 bits per heavy atom. The molecule has 1 aliphatic heterocycles. The van der Waals surface area contributed by atoms with Crippen LogP contribution in [0.1, 0.15) is 36.5 Å². The van der Waals surface area contributed by atoms with Gasteiger partial charge in [-0.25, -0.2) is 4.98 Å². The Hall–Kier alpha value is -3.24. The lowest BCUT2D eigenvalue weighted by atomic mass is 10.2. The summed E-state index contributed by atoms with van der Waals surface area (Å²) in [7, 11) is 0. The molecule has 1 aliphatic rings. The molecule has 0 saturated carbocycles. The Bertz CT molecular complexity index is 1140. The van der Waals surface area contributed by atoms with Gasteiger partial charge in [0.15, 0.2) is 5.13 Å². The molecule has 2 heterocycles. The summed E-state index contributed by atoms with van der Waals surface area (Å²) in [5.74, 6) is 0.714. The molecule has 1 saturated heterocycles. The summed E-state index contributed by atoms with van der Waals surface area (Å²) in [5, 5.41) is 14.9. The third kappa shape index (κ3) is 6.67. The molecule has 0 spiro atoms. The van der Waals surface area contributed by atoms with Gasteiger partial charge >= 0.3 is 0 Å². The number of ether oxygens (including phenoxy) is 1. The maximum absolute atomic E-state index is 12.5. The van der Waals surface area contributed by atoms with E-state index in [0.29, 0.717) is 18.7 Å². The van der Waals surface area contributed by atoms with Gasteiger partial charge in [0.05, 0.1) is 21.7 Å². The average molecular weight is 498 g/mol. The van der Waals surface area contributed by atoms with Crippen LogP contribution < -0.4 is 15.0 Å². The standard InChI is InChI=1S/C25H31N5O4S/c1-2-3-4-17-34-21-8-5-19(6-9-21)24(31)26-11-12-28-13-15-29(16-14-28)25-27-22-10-7-20(30(32)33)18-23(22)35-25/h5-10,18H,2-4,11-17H2,1H3,(H,26,31). The topological polar surface area (TPSA) is 101 Å². The number of nitro groups is 1. The predicted octanol–water partition coefficient (Wildman–Crippen LogP) is 4.33. The number of carbonyl (C=O) groups excluding carboxylic acids is 1. The van der Waals surface area contributed by atoms with Crippen LogP contribution in [0.4, 0.5) is 10.8 Å². The van der Waals surface area contributed by atoms with Crippen molar-refractivity contribution in [2.75, 3.05) is 50.8 Å². The van der Waals surface area contributed by atoms with Crippen LogP contribution in [0, 0.1) is 10.1 Å². The number of hydrogen-bond donors (Lipinski definition) is 1. The third-order valence-corrected chi connectivity index (χ3v) is 7.14. The maximum Gasteiger partial charge on any atom is 0.270 e. The van der Waals surface area contributed by atoms with Crippen LogP contribution in [0.25, 0.3) is 10.2 Å². The first-order chi connectivity index (χ1) is 17.0. The first-order valence-corrected chi connectivity index (χ1v) is 12.9. The van der Waals surface area contributed by atoms with Crippen molar-refractivity contribution in [3.63, 3.8) is 0 Å². The van der Waals surface area contributed by atoms with E-state index < -0.39 is 0 Å². The summed E-state index contributed by atoms with van der Waals surface area (Å²) in [6.07, 6.45) is 3.36. The van der Waals surface area contributed by atoms with E-state index >= 15 is 0 Å². The molecule has 0 atom stereocenters. The fraction of sp³-hybridized carbons (Fsp3) is 0.440. The van der Waals surface area contributed by atoms with Crippen molar-refractivity contribution in [1.29, 1.82) is 0 Å². The summed E-state index contributed by atoms with van der Waals surface area (Å²) in [5.41, 5.74) is 1.51. The molecular weight excluding hydrogens is 466 g/mol. The second kappa shape index (κ2) is 11.9. The van der Waals surface area contributed by atoms with Gasteiger partial charge in [-0.1, -0.05) is 31.1 Å². The summed E-state index contributed by atoms with van der Waals surface area (Å²) in [4.78, 5) is 32.3. The van der Waals surface area contributed by atoms with Crippen LogP contribution >= 0.6 is 11.3 Å². The zero-order valence-electron chi connectivity index (χ0n) is 19.9. The number of nitro benzene ring substituents is 1. The lowest BCUT2D eigenvalue weighted by Gasteiger charge is -2.34. The van der Waals surface area contributed by atoms with E-state index in [1.165, 1.54) is 17.4 Å². The van der Waals surface area contributed by atoms with Crippen molar-refractivity contribution in [3.05, 3.63) is 58.1 Å². The van der Waals surface area contributed by atoms with Gasteiger partial charge in [0.25, 0.3) is 11.6 Å². The van der Waals surface area contributed by atoms with Gasteiger partial charge in [-0.15, -0.1) is 0 Å². The lowest BCUT2D eigenvalue weighted by Crippen LogP contribution is -2.48. The van der Waals surface area contributed by atoms with Gasteiger partial charge in [-0.05, 0) is 36.8 Å². The number of nitrogens with one attached hydrogen (secondary N) is 1. The van der Waals surface area contributed by atoms with Gasteiger partial charge in [0, 0.05) is 57.0 Å². The first-order valence-electron chi connectivity index (χ1n) is 12.1. The molecule has 3 aromatic rings. The number of unbranched alkanes of at least 4 members (excludes halogenated alkanes) is 2. The molecular formula is C25H31N5O4S. The van der Waals surface area contributed by atoms with Crippen molar-refractivity contribution in [2.45, 2.75) is 26.2 Å². The second-order valence-electron chi connectivity index (χ2n) is 8.57. The Labute approximate surface area is 208 Å². The minimum Gasteiger partial charge on any atom is -0.494 e. The van der Waals surface area contributed by atoms with Crippen LogP contribution in [0.5, 0.6) is 5.75 Å². The largest absolute Gasteiger partial charge is 0.494 e. The van der Waals surface area contributed by atoms with E-state index in [2.05, 4.69) is 27.0 Å². The van der Waals surface area contributed by atoms with Gasteiger partial charge < -0.3 is 15.0 Å². The van der Waals surface area contributed by atoms with Crippen LogP contribution in [0.15, 0.2) is 42.5 Å². The molecule has 4 rings (SSSR count). The number of rotatable bonds is 11. The van der Waals surface area contributed by atoms with Crippen molar-refractivity contribution in [3.8, 4) is 5.75 Å². The van der Waals surface area contributed by atoms with E-state index in [0.717, 1.165) is 73.1 Å². The highest BCUT2D eigenvalue weighted by molar-refractivity contribution is 7.22. The number of amides is 1. The Kier molecular flexibility index (Phi) is 8.49. The molecule has 9 nitrogen and oxygen atoms in total. The number of piperazine rings is 1. The van der Waals surface area contributed by atoms with E-state index in [9.17, 15) is 14.9 Å². The minimum atomic E-state index is -0.380. The number of aromatic nitrogens is 1. The molecule has 35 heavy (non-hydrogen) atoms. The number of thiazole rings is 1. The highest BCUT2D eigenvalue weighted by Crippen LogP contribution is 2.31. The highest BCUT2D eigenvalue weighted by atomic mass is 32.1. The second-order valence-corrected chi connectivity index (χ2v) is 9.58. The zero-order valence-corrected chi connectivity index (χ0v) is 20.8. The number of carbonyl (C=O) groups is 1. The highest BCUT2D eigenvalue weighted by Gasteiger charge is 2.20. The van der Waals surface area contributed by atoms with E-state index in [-0.39, 0.29) is 16.5 Å². The van der Waals surface area contributed by atoms with E-state index in [1.807, 2.05) is 12.1 Å². The molecule has 186 valence electrons. The van der Waals surface area contributed by atoms with Gasteiger partial charge in [-0.3, -0.25) is 19.8 Å². The molecule has 0 radical (unpaired) electrons. The Morgan fingerprint density at radius 2 is 1.91 bits per heavy atom. The van der Waals surface area contributed by atoms with E-state index in [1.54, 1.807) is 24.3 Å². The Balaban J connectivity index is 1.19. The molecule has 1 N–H and O–H groups in total. The lowest BCUT2D eigenvalue weighted by molar-refractivity contribution is -0.384. The van der Waals surface area contributed by atoms with Gasteiger partial charge in [0.2, 0.25) is 0 Å². The summed E-state index contributed by atoms with van der Waals surface area (Å²) < 4.78 is 6.53. The van der Waals surface area contributed by atoms with Crippen molar-refractivity contribution in [2.24, 2.45) is 0 Å². The molecule has 0 unspecified atom stereocenters. The number of non-ortho nitro benzene ring substituents is 1. The Morgan fingerprint density at radius 1 is 1.14 bits per heavy atom. The normalized spacial score (nSPS) is 14.3. The maximum atomic E-state index is 12.5. The van der Waals surface area contributed by atoms with Crippen molar-refractivity contribution >= 4 is 38.3 Å². The van der Waals surface area contributed by atoms with Gasteiger partial charge in [-0.2, -0.15) is 0 Å². The molecule has 0 bridgehead atoms. The minimum absolute atomic E-state index is 0.0789. The predicted molar refractivity (Wildman–Crippen MR) is 139 cm³/mol. The summed E-state index contributed by atoms with van der Waals surface area (Å²) >= 11 is 1.49. The SMILES string of the molecule is CCCCCOc1ccc(C(=O)NCCN2CCN(c3nc4ccc([N+](=O)[O-])cc4s3)CC2)cc1. The number of benzene rings is 2. The molecule has 1 fully saturated rings. The fourth-order valence-electron chi connectivity index (χ4n) is 3.99. The average Bonchev–Trinajstić information content (AvgIpc) is 3.31. The molecule has 10 heteroatoms. The first kappa shape index (κ1) is 24.9. The summed E-state index contributed by atoms with van der Waals surface area (Å²) in [6.45, 7) is 7.63. The smallest absolute Gasteiger partial charge is 0.270 e. The third-order valence-electron chi connectivity index (χ3n) is 6.06. The number of anilines is 1. The van der Waals surface area contributed by atoms with Crippen LogP contribution in [0.2, 0.25) is 0 Å². The fourth-order valence-corrected chi connectivity index (χ4v) is 5.04. The summed E-state index contributed by atoms with van der Waals surface area (Å²) in [6, 6.07) is 12.1. The van der Waals surface area contributed by atoms with E-state index in [4.69, 9.17) is 4.74 Å². The van der Waals surface area contributed by atoms with Crippen LogP contribution in [-0.2, 0) is 0 Å². The molecule has 2 aromatic carbocycles. The van der Waals surface area contributed by atoms with Crippen LogP contribution in [-0.4, -0.2) is 66.6 Å². The van der Waals surface area contributed by atoms with Crippen LogP contribution in [0.3, 0.4) is 0 Å².